The van der Waals surface area contributed by atoms with Crippen molar-refractivity contribution >= 4 is 41.0 Å². The first-order valence-corrected chi connectivity index (χ1v) is 13.5. The molecular weight excluding hydrogens is 560 g/mol. The third kappa shape index (κ3) is 5.89. The fourth-order valence-corrected chi connectivity index (χ4v) is 5.12. The second kappa shape index (κ2) is 12.3. The second-order valence-corrected chi connectivity index (χ2v) is 10.1. The van der Waals surface area contributed by atoms with Crippen molar-refractivity contribution in [2.24, 2.45) is 7.05 Å². The molecule has 0 aliphatic heterocycles. The predicted octanol–water partition coefficient (Wildman–Crippen LogP) is 4.71. The maximum Gasteiger partial charge on any atom is 0.407 e. The van der Waals surface area contributed by atoms with Gasteiger partial charge < -0.3 is 20.1 Å². The molecule has 2 amide bonds. The number of carbonyl (C=O) groups excluding carboxylic acids is 4. The molecule has 0 fully saturated rings. The van der Waals surface area contributed by atoms with E-state index in [9.17, 15) is 19.2 Å². The molecule has 11 heteroatoms. The Balaban J connectivity index is 1.29. The minimum atomic E-state index is -1.35. The highest BCUT2D eigenvalue weighted by Crippen LogP contribution is 2.44. The van der Waals surface area contributed by atoms with Crippen LogP contribution in [-0.4, -0.2) is 53.3 Å². The van der Waals surface area contributed by atoms with E-state index in [-0.39, 0.29) is 23.9 Å². The number of ketones is 1. The Morgan fingerprint density at radius 3 is 2.19 bits per heavy atom. The summed E-state index contributed by atoms with van der Waals surface area (Å²) in [5, 5.41) is 9.63. The van der Waals surface area contributed by atoms with Crippen molar-refractivity contribution < 1.29 is 28.7 Å². The standard InChI is InChI=1S/C31H27ClN4O6/c1-36-28(29(38)18-11-13-19(32)14-12-18)26(16-33-36)34-30(39)25(15-27(37)41-2)35-31(40)42-17-24-22-9-5-3-7-20(22)21-8-4-6-10-23(21)24/h3-14,16,24-25H,15,17H2,1-2H3,(H,34,39)(H,35,40)/t25-/m0/s1. The number of halogens is 1. The van der Waals surface area contributed by atoms with E-state index in [1.165, 1.54) is 18.0 Å². The molecule has 0 radical (unpaired) electrons. The number of nitrogens with one attached hydrogen (secondary N) is 2. The molecule has 3 aromatic carbocycles. The highest BCUT2D eigenvalue weighted by Gasteiger charge is 2.31. The van der Waals surface area contributed by atoms with Gasteiger partial charge in [-0.3, -0.25) is 19.1 Å². The van der Waals surface area contributed by atoms with Crippen molar-refractivity contribution in [2.45, 2.75) is 18.4 Å². The summed E-state index contributed by atoms with van der Waals surface area (Å²) in [4.78, 5) is 51.5. The first-order chi connectivity index (χ1) is 20.3. The van der Waals surface area contributed by atoms with E-state index < -0.39 is 36.2 Å². The summed E-state index contributed by atoms with van der Waals surface area (Å²) >= 11 is 5.94. The lowest BCUT2D eigenvalue weighted by atomic mass is 9.98. The Kier molecular flexibility index (Phi) is 8.35. The summed E-state index contributed by atoms with van der Waals surface area (Å²) in [7, 11) is 2.73. The molecule has 0 saturated carbocycles. The van der Waals surface area contributed by atoms with Crippen molar-refractivity contribution in [3.8, 4) is 11.1 Å². The molecule has 5 rings (SSSR count). The number of rotatable bonds is 9. The van der Waals surface area contributed by atoms with Crippen LogP contribution in [0.25, 0.3) is 11.1 Å². The van der Waals surface area contributed by atoms with Gasteiger partial charge in [-0.15, -0.1) is 0 Å². The molecule has 1 heterocycles. The van der Waals surface area contributed by atoms with Crippen LogP contribution in [-0.2, 0) is 26.1 Å². The molecule has 1 aromatic heterocycles. The summed E-state index contributed by atoms with van der Waals surface area (Å²) < 4.78 is 11.6. The molecule has 10 nitrogen and oxygen atoms in total. The number of hydrogen-bond donors (Lipinski definition) is 2. The van der Waals surface area contributed by atoms with Crippen LogP contribution in [0.2, 0.25) is 5.02 Å². The minimum Gasteiger partial charge on any atom is -0.469 e. The summed E-state index contributed by atoms with van der Waals surface area (Å²) in [5.74, 6) is -2.08. The van der Waals surface area contributed by atoms with E-state index in [1.54, 1.807) is 31.3 Å². The van der Waals surface area contributed by atoms with Crippen LogP contribution < -0.4 is 10.6 Å². The molecule has 4 aromatic rings. The zero-order valence-electron chi connectivity index (χ0n) is 22.8. The Hall–Kier alpha value is -4.96. The molecule has 0 spiro atoms. The van der Waals surface area contributed by atoms with Gasteiger partial charge in [0.2, 0.25) is 11.7 Å². The number of alkyl carbamates (subject to hydrolysis) is 1. The zero-order chi connectivity index (χ0) is 29.8. The van der Waals surface area contributed by atoms with Crippen molar-refractivity contribution in [3.05, 3.63) is 106 Å². The average Bonchev–Trinajstić information content (AvgIpc) is 3.52. The van der Waals surface area contributed by atoms with E-state index in [1.807, 2.05) is 48.5 Å². The molecule has 214 valence electrons. The van der Waals surface area contributed by atoms with Crippen LogP contribution in [0.1, 0.15) is 39.5 Å². The molecule has 1 aliphatic carbocycles. The van der Waals surface area contributed by atoms with Crippen molar-refractivity contribution in [1.29, 1.82) is 0 Å². The van der Waals surface area contributed by atoms with Crippen LogP contribution >= 0.6 is 11.6 Å². The summed E-state index contributed by atoms with van der Waals surface area (Å²) in [6.45, 7) is 0.0226. The van der Waals surface area contributed by atoms with Gasteiger partial charge in [0.1, 0.15) is 18.3 Å². The van der Waals surface area contributed by atoms with Crippen LogP contribution in [0, 0.1) is 0 Å². The van der Waals surface area contributed by atoms with Gasteiger partial charge in [-0.05, 0) is 46.5 Å². The van der Waals surface area contributed by atoms with Crippen LogP contribution in [0.4, 0.5) is 10.5 Å². The number of methoxy groups -OCH3 is 1. The van der Waals surface area contributed by atoms with Crippen LogP contribution in [0.15, 0.2) is 79.0 Å². The fourth-order valence-electron chi connectivity index (χ4n) is 5.00. The summed E-state index contributed by atoms with van der Waals surface area (Å²) in [6.07, 6.45) is -0.0406. The number of nitrogens with zero attached hydrogens (tertiary/aromatic N) is 2. The SMILES string of the molecule is COC(=O)C[C@H](NC(=O)OCC1c2ccccc2-c2ccccc21)C(=O)Nc1cnn(C)c1C(=O)c1ccc(Cl)cc1. The Morgan fingerprint density at radius 1 is 0.952 bits per heavy atom. The molecule has 0 saturated heterocycles. The maximum atomic E-state index is 13.3. The predicted molar refractivity (Wildman–Crippen MR) is 155 cm³/mol. The van der Waals surface area contributed by atoms with Gasteiger partial charge in [0.15, 0.2) is 0 Å². The Morgan fingerprint density at radius 2 is 1.57 bits per heavy atom. The normalized spacial score (nSPS) is 12.5. The van der Waals surface area contributed by atoms with Gasteiger partial charge in [-0.1, -0.05) is 60.1 Å². The zero-order valence-corrected chi connectivity index (χ0v) is 23.6. The van der Waals surface area contributed by atoms with Crippen LogP contribution in [0.5, 0.6) is 0 Å². The van der Waals surface area contributed by atoms with Crippen molar-refractivity contribution in [3.63, 3.8) is 0 Å². The van der Waals surface area contributed by atoms with Gasteiger partial charge in [-0.25, -0.2) is 4.79 Å². The highest BCUT2D eigenvalue weighted by atomic mass is 35.5. The van der Waals surface area contributed by atoms with E-state index in [4.69, 9.17) is 21.1 Å². The number of fused-ring (bicyclic) bond motifs is 3. The lowest BCUT2D eigenvalue weighted by Gasteiger charge is -2.19. The molecule has 2 N–H and O–H groups in total. The maximum absolute atomic E-state index is 13.3. The molecule has 0 unspecified atom stereocenters. The number of benzene rings is 3. The third-order valence-corrected chi connectivity index (χ3v) is 7.32. The molecule has 1 aliphatic rings. The van der Waals surface area contributed by atoms with E-state index in [0.29, 0.717) is 10.6 Å². The number of amides is 2. The number of aromatic nitrogens is 2. The quantitative estimate of drug-likeness (QED) is 0.215. The Labute approximate surface area is 246 Å². The molecular formula is C31H27ClN4O6. The number of aryl methyl sites for hydroxylation is 1. The number of carbonyl (C=O) groups is 4. The highest BCUT2D eigenvalue weighted by molar-refractivity contribution is 6.30. The van der Waals surface area contributed by atoms with Crippen molar-refractivity contribution in [1.82, 2.24) is 15.1 Å². The monoisotopic (exact) mass is 586 g/mol. The molecule has 1 atom stereocenters. The molecule has 42 heavy (non-hydrogen) atoms. The topological polar surface area (TPSA) is 129 Å². The summed E-state index contributed by atoms with van der Waals surface area (Å²) in [6, 6.07) is 20.7. The van der Waals surface area contributed by atoms with E-state index in [0.717, 1.165) is 22.3 Å². The van der Waals surface area contributed by atoms with E-state index in [2.05, 4.69) is 15.7 Å². The third-order valence-electron chi connectivity index (χ3n) is 7.07. The van der Waals surface area contributed by atoms with Gasteiger partial charge >= 0.3 is 12.1 Å². The number of esters is 1. The fraction of sp³-hybridized carbons (Fsp3) is 0.194. The number of anilines is 1. The lowest BCUT2D eigenvalue weighted by molar-refractivity contribution is -0.142. The van der Waals surface area contributed by atoms with Gasteiger partial charge in [0.25, 0.3) is 0 Å². The second-order valence-electron chi connectivity index (χ2n) is 9.66. The van der Waals surface area contributed by atoms with Crippen molar-refractivity contribution in [2.75, 3.05) is 19.0 Å². The van der Waals surface area contributed by atoms with Gasteiger partial charge in [0, 0.05) is 23.6 Å². The largest absolute Gasteiger partial charge is 0.469 e. The Bertz CT molecular complexity index is 1620. The van der Waals surface area contributed by atoms with Crippen LogP contribution in [0.3, 0.4) is 0 Å². The lowest BCUT2D eigenvalue weighted by Crippen LogP contribution is -2.45. The number of ether oxygens (including phenoxy) is 2. The van der Waals surface area contributed by atoms with E-state index >= 15 is 0 Å². The molecule has 0 bridgehead atoms. The average molecular weight is 587 g/mol. The van der Waals surface area contributed by atoms with Gasteiger partial charge in [0.05, 0.1) is 25.4 Å². The summed E-state index contributed by atoms with van der Waals surface area (Å²) in [5.41, 5.74) is 4.75. The number of hydrogen-bond acceptors (Lipinski definition) is 7. The minimum absolute atomic E-state index is 0.0226. The first-order valence-electron chi connectivity index (χ1n) is 13.1. The first kappa shape index (κ1) is 28.6. The van der Waals surface area contributed by atoms with Gasteiger partial charge in [-0.2, -0.15) is 5.10 Å². The smallest absolute Gasteiger partial charge is 0.407 e.